The van der Waals surface area contributed by atoms with Crippen LogP contribution in [0.1, 0.15) is 6.42 Å². The molecule has 6 nitrogen and oxygen atoms in total. The lowest BCUT2D eigenvalue weighted by molar-refractivity contribution is -0.116. The number of benzene rings is 2. The van der Waals surface area contributed by atoms with Gasteiger partial charge in [-0.05, 0) is 43.4 Å². The van der Waals surface area contributed by atoms with Gasteiger partial charge < -0.3 is 24.4 Å². The standard InChI is InChI=1S/C20H23ClN2O4/c1-23(10-11-25-17-5-2-15(21)3-6-17)9-8-20(24)22-16-4-7-18-19(14-16)27-13-12-26-18/h2-7,14H,8-13H2,1H3,(H,22,24). The van der Waals surface area contributed by atoms with Crippen molar-refractivity contribution in [2.45, 2.75) is 6.42 Å². The number of ether oxygens (including phenoxy) is 3. The molecule has 0 unspecified atom stereocenters. The molecule has 1 amide bonds. The van der Waals surface area contributed by atoms with Gasteiger partial charge in [-0.3, -0.25) is 4.79 Å². The van der Waals surface area contributed by atoms with E-state index in [9.17, 15) is 4.79 Å². The number of carbonyl (C=O) groups is 1. The van der Waals surface area contributed by atoms with Gasteiger partial charge in [0, 0.05) is 36.3 Å². The van der Waals surface area contributed by atoms with E-state index in [-0.39, 0.29) is 5.91 Å². The van der Waals surface area contributed by atoms with Crippen molar-refractivity contribution in [3.8, 4) is 17.2 Å². The van der Waals surface area contributed by atoms with Gasteiger partial charge in [-0.15, -0.1) is 0 Å². The van der Waals surface area contributed by atoms with Crippen LogP contribution in [0.4, 0.5) is 5.69 Å². The normalized spacial score (nSPS) is 12.7. The Labute approximate surface area is 164 Å². The van der Waals surface area contributed by atoms with Crippen LogP contribution >= 0.6 is 11.6 Å². The molecule has 0 spiro atoms. The zero-order valence-corrected chi connectivity index (χ0v) is 16.0. The van der Waals surface area contributed by atoms with Crippen LogP contribution in [0, 0.1) is 0 Å². The van der Waals surface area contributed by atoms with E-state index in [0.29, 0.717) is 55.0 Å². The largest absolute Gasteiger partial charge is 0.492 e. The van der Waals surface area contributed by atoms with E-state index in [0.717, 1.165) is 12.3 Å². The Morgan fingerprint density at radius 1 is 1.11 bits per heavy atom. The Hall–Kier alpha value is -2.44. The summed E-state index contributed by atoms with van der Waals surface area (Å²) < 4.78 is 16.7. The summed E-state index contributed by atoms with van der Waals surface area (Å²) in [6.07, 6.45) is 0.395. The minimum atomic E-state index is -0.0443. The SMILES string of the molecule is CN(CCOc1ccc(Cl)cc1)CCC(=O)Nc1ccc2c(c1)OCCO2. The smallest absolute Gasteiger partial charge is 0.225 e. The number of halogens is 1. The van der Waals surface area contributed by atoms with Crippen molar-refractivity contribution in [1.82, 2.24) is 4.90 Å². The predicted octanol–water partition coefficient (Wildman–Crippen LogP) is 3.45. The number of anilines is 1. The van der Waals surface area contributed by atoms with Crippen molar-refractivity contribution in [2.24, 2.45) is 0 Å². The van der Waals surface area contributed by atoms with E-state index < -0.39 is 0 Å². The van der Waals surface area contributed by atoms with Crippen molar-refractivity contribution in [2.75, 3.05) is 45.3 Å². The number of hydrogen-bond donors (Lipinski definition) is 1. The fourth-order valence-corrected chi connectivity index (χ4v) is 2.72. The van der Waals surface area contributed by atoms with Crippen molar-refractivity contribution < 1.29 is 19.0 Å². The van der Waals surface area contributed by atoms with Crippen molar-refractivity contribution >= 4 is 23.2 Å². The number of fused-ring (bicyclic) bond motifs is 1. The summed E-state index contributed by atoms with van der Waals surface area (Å²) in [4.78, 5) is 14.2. The molecule has 0 aliphatic carbocycles. The molecular formula is C20H23ClN2O4. The average Bonchev–Trinajstić information content (AvgIpc) is 2.68. The molecule has 0 radical (unpaired) electrons. The molecule has 0 fully saturated rings. The van der Waals surface area contributed by atoms with Gasteiger partial charge >= 0.3 is 0 Å². The van der Waals surface area contributed by atoms with Gasteiger partial charge in [0.05, 0.1) is 0 Å². The summed E-state index contributed by atoms with van der Waals surface area (Å²) in [5, 5.41) is 3.57. The molecule has 1 heterocycles. The van der Waals surface area contributed by atoms with Crippen LogP contribution in [0.2, 0.25) is 5.02 Å². The van der Waals surface area contributed by atoms with Gasteiger partial charge in [-0.25, -0.2) is 0 Å². The summed E-state index contributed by atoms with van der Waals surface area (Å²) in [5.74, 6) is 2.11. The second-order valence-corrected chi connectivity index (χ2v) is 6.70. The third-order valence-electron chi connectivity index (χ3n) is 4.10. The first kappa shape index (κ1) is 19.3. The lowest BCUT2D eigenvalue weighted by atomic mass is 10.2. The second kappa shape index (κ2) is 9.48. The summed E-state index contributed by atoms with van der Waals surface area (Å²) in [6, 6.07) is 12.7. The minimum absolute atomic E-state index is 0.0443. The number of likely N-dealkylation sites (N-methyl/N-ethyl adjacent to an activating group) is 1. The van der Waals surface area contributed by atoms with Crippen LogP contribution < -0.4 is 19.5 Å². The van der Waals surface area contributed by atoms with E-state index >= 15 is 0 Å². The van der Waals surface area contributed by atoms with Crippen LogP contribution in [0.25, 0.3) is 0 Å². The maximum atomic E-state index is 12.2. The molecule has 1 aliphatic heterocycles. The first-order valence-corrected chi connectivity index (χ1v) is 9.24. The zero-order valence-electron chi connectivity index (χ0n) is 15.2. The fraction of sp³-hybridized carbons (Fsp3) is 0.350. The molecule has 0 saturated heterocycles. The van der Waals surface area contributed by atoms with Crippen molar-refractivity contribution in [3.05, 3.63) is 47.5 Å². The molecule has 2 aromatic carbocycles. The molecule has 3 rings (SSSR count). The Balaban J connectivity index is 1.36. The van der Waals surface area contributed by atoms with Gasteiger partial charge in [0.15, 0.2) is 11.5 Å². The van der Waals surface area contributed by atoms with E-state index in [2.05, 4.69) is 10.2 Å². The van der Waals surface area contributed by atoms with E-state index in [4.69, 9.17) is 25.8 Å². The number of nitrogens with zero attached hydrogens (tertiary/aromatic N) is 1. The molecule has 7 heteroatoms. The first-order valence-electron chi connectivity index (χ1n) is 8.86. The summed E-state index contributed by atoms with van der Waals surface area (Å²) in [6.45, 7) is 2.97. The van der Waals surface area contributed by atoms with Crippen LogP contribution in [0.3, 0.4) is 0 Å². The van der Waals surface area contributed by atoms with Crippen molar-refractivity contribution in [3.63, 3.8) is 0 Å². The summed E-state index contributed by atoms with van der Waals surface area (Å²) in [5.41, 5.74) is 0.706. The summed E-state index contributed by atoms with van der Waals surface area (Å²) >= 11 is 5.85. The lowest BCUT2D eigenvalue weighted by Crippen LogP contribution is -2.28. The molecule has 0 atom stereocenters. The highest BCUT2D eigenvalue weighted by Crippen LogP contribution is 2.32. The highest BCUT2D eigenvalue weighted by molar-refractivity contribution is 6.30. The molecule has 0 bridgehead atoms. The molecule has 27 heavy (non-hydrogen) atoms. The number of carbonyl (C=O) groups excluding carboxylic acids is 1. The highest BCUT2D eigenvalue weighted by Gasteiger charge is 2.13. The van der Waals surface area contributed by atoms with Gasteiger partial charge in [-0.2, -0.15) is 0 Å². The topological polar surface area (TPSA) is 60.0 Å². The maximum Gasteiger partial charge on any atom is 0.225 e. The molecule has 0 saturated carbocycles. The first-order chi connectivity index (χ1) is 13.1. The monoisotopic (exact) mass is 390 g/mol. The van der Waals surface area contributed by atoms with Gasteiger partial charge in [0.25, 0.3) is 0 Å². The number of nitrogens with one attached hydrogen (secondary N) is 1. The fourth-order valence-electron chi connectivity index (χ4n) is 2.60. The molecule has 0 aromatic heterocycles. The van der Waals surface area contributed by atoms with Crippen LogP contribution in [-0.4, -0.2) is 50.8 Å². The maximum absolute atomic E-state index is 12.2. The molecule has 2 aromatic rings. The highest BCUT2D eigenvalue weighted by atomic mass is 35.5. The van der Waals surface area contributed by atoms with Gasteiger partial charge in [0.1, 0.15) is 25.6 Å². The van der Waals surface area contributed by atoms with Crippen LogP contribution in [-0.2, 0) is 4.79 Å². The van der Waals surface area contributed by atoms with Crippen LogP contribution in [0.5, 0.6) is 17.2 Å². The van der Waals surface area contributed by atoms with E-state index in [1.54, 1.807) is 18.2 Å². The Morgan fingerprint density at radius 2 is 1.85 bits per heavy atom. The summed E-state index contributed by atoms with van der Waals surface area (Å²) in [7, 11) is 1.96. The Morgan fingerprint density at radius 3 is 2.63 bits per heavy atom. The number of hydrogen-bond acceptors (Lipinski definition) is 5. The number of amides is 1. The molecule has 144 valence electrons. The zero-order chi connectivity index (χ0) is 19.1. The van der Waals surface area contributed by atoms with E-state index in [1.807, 2.05) is 31.3 Å². The average molecular weight is 391 g/mol. The Bertz CT molecular complexity index is 767. The molecule has 1 aliphatic rings. The van der Waals surface area contributed by atoms with Crippen LogP contribution in [0.15, 0.2) is 42.5 Å². The molecule has 1 N–H and O–H groups in total. The quantitative estimate of drug-likeness (QED) is 0.748. The van der Waals surface area contributed by atoms with E-state index in [1.165, 1.54) is 0 Å². The minimum Gasteiger partial charge on any atom is -0.492 e. The lowest BCUT2D eigenvalue weighted by Gasteiger charge is -2.19. The second-order valence-electron chi connectivity index (χ2n) is 6.26. The van der Waals surface area contributed by atoms with Gasteiger partial charge in [-0.1, -0.05) is 11.6 Å². The molecular weight excluding hydrogens is 368 g/mol. The Kier molecular flexibility index (Phi) is 6.79. The predicted molar refractivity (Wildman–Crippen MR) is 105 cm³/mol. The third-order valence-corrected chi connectivity index (χ3v) is 4.35. The number of rotatable bonds is 8. The van der Waals surface area contributed by atoms with Crippen molar-refractivity contribution in [1.29, 1.82) is 0 Å². The van der Waals surface area contributed by atoms with Gasteiger partial charge in [0.2, 0.25) is 5.91 Å². The third kappa shape index (κ3) is 6.05.